The van der Waals surface area contributed by atoms with Gasteiger partial charge in [-0.25, -0.2) is 0 Å². The third kappa shape index (κ3) is 5.59. The number of fused-ring (bicyclic) bond motifs is 2. The van der Waals surface area contributed by atoms with Crippen LogP contribution in [0.2, 0.25) is 0 Å². The first-order valence-electron chi connectivity index (χ1n) is 15.5. The number of amides is 3. The molecule has 2 N–H and O–H groups in total. The van der Waals surface area contributed by atoms with Crippen molar-refractivity contribution in [3.8, 4) is 0 Å². The minimum atomic E-state index is -1.86. The molecule has 0 aliphatic carbocycles. The quantitative estimate of drug-likeness (QED) is 0.212. The zero-order valence-corrected chi connectivity index (χ0v) is 25.8. The molecule has 3 heterocycles. The predicted molar refractivity (Wildman–Crippen MR) is 170 cm³/mol. The fourth-order valence-corrected chi connectivity index (χ4v) is 6.70. The standard InChI is InChI=1S/C36H37N3O7/c1-23(9-7-16-32(42)37-21-27-12-4-3-11-26(27)18-29(37)22-40)36(45)30-14-5-6-15-31(30)38(35(36)44)20-25-10-8-13-28(17-25)39-33(43)19-34(39)46-24(2)41/h3-15,17,23,29,34,40,45H,16,18-22H2,1-2H3/b9-7+/t23-,29-,34?,36+/m0/s1. The molecule has 3 aliphatic rings. The number of anilines is 2. The van der Waals surface area contributed by atoms with Gasteiger partial charge < -0.3 is 24.7 Å². The van der Waals surface area contributed by atoms with Gasteiger partial charge in [-0.15, -0.1) is 0 Å². The lowest BCUT2D eigenvalue weighted by atomic mass is 9.83. The summed E-state index contributed by atoms with van der Waals surface area (Å²) in [6.07, 6.45) is 3.48. The largest absolute Gasteiger partial charge is 0.441 e. The number of nitrogens with zero attached hydrogens (tertiary/aromatic N) is 3. The van der Waals surface area contributed by atoms with Crippen LogP contribution in [0.1, 0.15) is 48.9 Å². The van der Waals surface area contributed by atoms with Gasteiger partial charge in [0.05, 0.1) is 31.3 Å². The van der Waals surface area contributed by atoms with Gasteiger partial charge in [-0.05, 0) is 41.3 Å². The van der Waals surface area contributed by atoms with E-state index in [-0.39, 0.29) is 43.8 Å². The molecular weight excluding hydrogens is 586 g/mol. The fraction of sp³-hybridized carbons (Fsp3) is 0.333. The second kappa shape index (κ2) is 12.5. The highest BCUT2D eigenvalue weighted by Crippen LogP contribution is 2.46. The zero-order valence-electron chi connectivity index (χ0n) is 25.8. The van der Waals surface area contributed by atoms with Crippen LogP contribution in [-0.4, -0.2) is 57.7 Å². The predicted octanol–water partition coefficient (Wildman–Crippen LogP) is 3.58. The molecule has 0 aromatic heterocycles. The van der Waals surface area contributed by atoms with Crippen LogP contribution < -0.4 is 9.80 Å². The molecule has 0 bridgehead atoms. The zero-order chi connectivity index (χ0) is 32.6. The summed E-state index contributed by atoms with van der Waals surface area (Å²) in [5.74, 6) is -1.94. The molecule has 3 aromatic carbocycles. The number of carbonyl (C=O) groups excluding carboxylic acids is 4. The number of aliphatic hydroxyl groups is 2. The average Bonchev–Trinajstić information content (AvgIpc) is 3.26. The van der Waals surface area contributed by atoms with Gasteiger partial charge in [-0.1, -0.05) is 73.7 Å². The minimum Gasteiger partial charge on any atom is -0.441 e. The topological polar surface area (TPSA) is 128 Å². The van der Waals surface area contributed by atoms with Crippen molar-refractivity contribution in [3.05, 3.63) is 107 Å². The smallest absolute Gasteiger partial charge is 0.304 e. The first-order chi connectivity index (χ1) is 22.1. The fourth-order valence-electron chi connectivity index (χ4n) is 6.70. The maximum Gasteiger partial charge on any atom is 0.304 e. The Morgan fingerprint density at radius 3 is 2.50 bits per heavy atom. The summed E-state index contributed by atoms with van der Waals surface area (Å²) >= 11 is 0. The van der Waals surface area contributed by atoms with Gasteiger partial charge in [-0.3, -0.25) is 24.1 Å². The lowest BCUT2D eigenvalue weighted by molar-refractivity contribution is -0.154. The molecule has 6 rings (SSSR count). The molecule has 10 heteroatoms. The van der Waals surface area contributed by atoms with E-state index in [0.717, 1.165) is 16.7 Å². The van der Waals surface area contributed by atoms with E-state index in [1.165, 1.54) is 16.7 Å². The summed E-state index contributed by atoms with van der Waals surface area (Å²) in [6, 6.07) is 21.8. The van der Waals surface area contributed by atoms with E-state index in [0.29, 0.717) is 29.9 Å². The third-order valence-electron chi connectivity index (χ3n) is 9.18. The van der Waals surface area contributed by atoms with E-state index in [2.05, 4.69) is 0 Å². The summed E-state index contributed by atoms with van der Waals surface area (Å²) in [5, 5.41) is 22.0. The summed E-state index contributed by atoms with van der Waals surface area (Å²) in [5.41, 5.74) is 2.66. The summed E-state index contributed by atoms with van der Waals surface area (Å²) in [4.78, 5) is 55.7. The van der Waals surface area contributed by atoms with E-state index in [1.54, 1.807) is 66.4 Å². The van der Waals surface area contributed by atoms with Crippen molar-refractivity contribution in [2.75, 3.05) is 16.4 Å². The molecule has 3 aromatic rings. The maximum absolute atomic E-state index is 14.0. The Kier molecular flexibility index (Phi) is 8.50. The highest BCUT2D eigenvalue weighted by molar-refractivity contribution is 6.07. The van der Waals surface area contributed by atoms with Crippen molar-refractivity contribution in [1.82, 2.24) is 4.90 Å². The van der Waals surface area contributed by atoms with Crippen LogP contribution in [0.4, 0.5) is 11.4 Å². The van der Waals surface area contributed by atoms with Crippen molar-refractivity contribution in [2.24, 2.45) is 5.92 Å². The molecule has 0 saturated carbocycles. The number of hydrogen-bond donors (Lipinski definition) is 2. The number of ether oxygens (including phenoxy) is 1. The number of para-hydroxylation sites is 1. The highest BCUT2D eigenvalue weighted by Gasteiger charge is 2.52. The highest BCUT2D eigenvalue weighted by atomic mass is 16.6. The lowest BCUT2D eigenvalue weighted by Crippen LogP contribution is -2.54. The third-order valence-corrected chi connectivity index (χ3v) is 9.18. The second-order valence-electron chi connectivity index (χ2n) is 12.1. The average molecular weight is 624 g/mol. The summed E-state index contributed by atoms with van der Waals surface area (Å²) < 4.78 is 5.25. The molecule has 3 aliphatic heterocycles. The molecular formula is C36H37N3O7. The Labute approximate surface area is 267 Å². The number of benzene rings is 3. The molecule has 4 atom stereocenters. The maximum atomic E-state index is 14.0. The normalized spacial score (nSPS) is 22.8. The molecule has 0 radical (unpaired) electrons. The van der Waals surface area contributed by atoms with Crippen LogP contribution in [0, 0.1) is 5.92 Å². The molecule has 46 heavy (non-hydrogen) atoms. The van der Waals surface area contributed by atoms with Gasteiger partial charge in [0.1, 0.15) is 0 Å². The summed E-state index contributed by atoms with van der Waals surface area (Å²) in [6.45, 7) is 3.47. The SMILES string of the molecule is CC(=O)OC1CC(=O)N1c1cccc(CN2C(=O)[C@@](O)([C@@H](C)/C=C/CC(=O)N3Cc4ccccc4C[C@H]3CO)c3ccccc32)c1. The Balaban J connectivity index is 1.17. The first-order valence-corrected chi connectivity index (χ1v) is 15.5. The van der Waals surface area contributed by atoms with Crippen LogP contribution in [0.3, 0.4) is 0 Å². The first kappa shape index (κ1) is 31.2. The van der Waals surface area contributed by atoms with Crippen LogP contribution in [0.25, 0.3) is 0 Å². The van der Waals surface area contributed by atoms with Crippen LogP contribution in [0.15, 0.2) is 84.9 Å². The molecule has 1 unspecified atom stereocenters. The van der Waals surface area contributed by atoms with Gasteiger partial charge in [0.15, 0.2) is 11.8 Å². The molecule has 238 valence electrons. The Bertz CT molecular complexity index is 1720. The van der Waals surface area contributed by atoms with Crippen molar-refractivity contribution in [2.45, 2.75) is 64.1 Å². The van der Waals surface area contributed by atoms with E-state index in [1.807, 2.05) is 30.3 Å². The van der Waals surface area contributed by atoms with E-state index >= 15 is 0 Å². The van der Waals surface area contributed by atoms with E-state index in [4.69, 9.17) is 4.74 Å². The van der Waals surface area contributed by atoms with E-state index in [9.17, 15) is 29.4 Å². The number of rotatable bonds is 9. The van der Waals surface area contributed by atoms with Crippen molar-refractivity contribution < 1.29 is 34.1 Å². The van der Waals surface area contributed by atoms with Gasteiger partial charge >= 0.3 is 5.97 Å². The number of esters is 1. The Hall–Kier alpha value is -4.80. The van der Waals surface area contributed by atoms with Crippen molar-refractivity contribution >= 4 is 35.1 Å². The monoisotopic (exact) mass is 623 g/mol. The lowest BCUT2D eigenvalue weighted by Gasteiger charge is -2.39. The van der Waals surface area contributed by atoms with Gasteiger partial charge in [0.2, 0.25) is 11.8 Å². The molecule has 1 fully saturated rings. The minimum absolute atomic E-state index is 0.0645. The van der Waals surface area contributed by atoms with Crippen LogP contribution >= 0.6 is 0 Å². The number of aliphatic hydroxyl groups excluding tert-OH is 1. The Morgan fingerprint density at radius 2 is 1.76 bits per heavy atom. The number of carbonyl (C=O) groups is 4. The van der Waals surface area contributed by atoms with Crippen molar-refractivity contribution in [1.29, 1.82) is 0 Å². The van der Waals surface area contributed by atoms with Gasteiger partial charge in [0, 0.05) is 37.1 Å². The molecule has 3 amide bonds. The van der Waals surface area contributed by atoms with Gasteiger partial charge in [-0.2, -0.15) is 0 Å². The summed E-state index contributed by atoms with van der Waals surface area (Å²) in [7, 11) is 0. The van der Waals surface area contributed by atoms with Gasteiger partial charge in [0.25, 0.3) is 5.91 Å². The Morgan fingerprint density at radius 1 is 1.02 bits per heavy atom. The second-order valence-corrected chi connectivity index (χ2v) is 12.1. The van der Waals surface area contributed by atoms with Crippen LogP contribution in [-0.2, 0) is 49.0 Å². The molecule has 10 nitrogen and oxygen atoms in total. The van der Waals surface area contributed by atoms with Crippen molar-refractivity contribution in [3.63, 3.8) is 0 Å². The molecule has 0 spiro atoms. The number of hydrogen-bond acceptors (Lipinski definition) is 7. The molecule has 1 saturated heterocycles. The van der Waals surface area contributed by atoms with Crippen LogP contribution in [0.5, 0.6) is 0 Å². The number of β-lactam (4-membered cyclic amide) rings is 1. The van der Waals surface area contributed by atoms with E-state index < -0.39 is 29.6 Å².